The molecular weight excluding hydrogens is 376 g/mol. The van der Waals surface area contributed by atoms with E-state index in [-0.39, 0.29) is 23.8 Å². The van der Waals surface area contributed by atoms with Crippen molar-refractivity contribution in [3.63, 3.8) is 0 Å². The molecule has 146 valence electrons. The van der Waals surface area contributed by atoms with Gasteiger partial charge in [-0.3, -0.25) is 4.79 Å². The van der Waals surface area contributed by atoms with Crippen LogP contribution in [0.2, 0.25) is 5.02 Å². The molecule has 1 aliphatic heterocycles. The SMILES string of the molecule is CN1CCN(CCCNC(=O)CCNS(=O)(=O)c2cccc(Cl)c2)CC1. The number of halogens is 1. The fourth-order valence-electron chi connectivity index (χ4n) is 2.71. The number of rotatable bonds is 9. The van der Waals surface area contributed by atoms with Crippen LogP contribution in [0.15, 0.2) is 29.2 Å². The molecular formula is C17H27ClN4O3S. The summed E-state index contributed by atoms with van der Waals surface area (Å²) < 4.78 is 26.6. The zero-order valence-corrected chi connectivity index (χ0v) is 16.7. The summed E-state index contributed by atoms with van der Waals surface area (Å²) >= 11 is 5.81. The smallest absolute Gasteiger partial charge is 0.240 e. The minimum absolute atomic E-state index is 0.0547. The maximum Gasteiger partial charge on any atom is 0.240 e. The first-order valence-electron chi connectivity index (χ1n) is 8.80. The number of benzene rings is 1. The fraction of sp³-hybridized carbons (Fsp3) is 0.588. The van der Waals surface area contributed by atoms with Crippen LogP contribution in [-0.2, 0) is 14.8 Å². The Hall–Kier alpha value is -1.19. The molecule has 0 aromatic heterocycles. The van der Waals surface area contributed by atoms with Crippen LogP contribution in [0.1, 0.15) is 12.8 Å². The predicted molar refractivity (Wildman–Crippen MR) is 103 cm³/mol. The quantitative estimate of drug-likeness (QED) is 0.596. The number of hydrogen-bond acceptors (Lipinski definition) is 5. The van der Waals surface area contributed by atoms with E-state index in [0.717, 1.165) is 39.1 Å². The molecule has 26 heavy (non-hydrogen) atoms. The highest BCUT2D eigenvalue weighted by Gasteiger charge is 2.15. The molecule has 1 amide bonds. The summed E-state index contributed by atoms with van der Waals surface area (Å²) in [6, 6.07) is 6.02. The lowest BCUT2D eigenvalue weighted by Crippen LogP contribution is -2.45. The summed E-state index contributed by atoms with van der Waals surface area (Å²) in [5.74, 6) is -0.155. The molecule has 2 N–H and O–H groups in total. The Morgan fingerprint density at radius 2 is 1.92 bits per heavy atom. The molecule has 1 saturated heterocycles. The summed E-state index contributed by atoms with van der Waals surface area (Å²) in [6.45, 7) is 5.92. The number of hydrogen-bond donors (Lipinski definition) is 2. The third kappa shape index (κ3) is 7.20. The molecule has 9 heteroatoms. The van der Waals surface area contributed by atoms with Crippen LogP contribution in [0.5, 0.6) is 0 Å². The second kappa shape index (κ2) is 10.2. The van der Waals surface area contributed by atoms with Crippen LogP contribution in [0.25, 0.3) is 0 Å². The molecule has 1 aromatic carbocycles. The average Bonchev–Trinajstić information content (AvgIpc) is 2.60. The van der Waals surface area contributed by atoms with Gasteiger partial charge in [-0.25, -0.2) is 13.1 Å². The highest BCUT2D eigenvalue weighted by molar-refractivity contribution is 7.89. The first-order valence-corrected chi connectivity index (χ1v) is 10.7. The van der Waals surface area contributed by atoms with Gasteiger partial charge in [0.25, 0.3) is 0 Å². The maximum absolute atomic E-state index is 12.1. The van der Waals surface area contributed by atoms with Crippen molar-refractivity contribution in [3.05, 3.63) is 29.3 Å². The van der Waals surface area contributed by atoms with Gasteiger partial charge in [-0.1, -0.05) is 17.7 Å². The highest BCUT2D eigenvalue weighted by Crippen LogP contribution is 2.15. The molecule has 0 saturated carbocycles. The minimum atomic E-state index is -3.65. The lowest BCUT2D eigenvalue weighted by atomic mass is 10.3. The molecule has 0 atom stereocenters. The molecule has 1 fully saturated rings. The standard InChI is InChI=1S/C17H27ClN4O3S/c1-21-10-12-22(13-11-21)9-3-7-19-17(23)6-8-20-26(24,25)16-5-2-4-15(18)14-16/h2,4-5,14,20H,3,6-13H2,1H3,(H,19,23). The zero-order chi connectivity index (χ0) is 19.0. The van der Waals surface area contributed by atoms with E-state index in [1.165, 1.54) is 12.1 Å². The first-order chi connectivity index (χ1) is 12.4. The fourth-order valence-corrected chi connectivity index (χ4v) is 4.04. The number of carbonyl (C=O) groups is 1. The summed E-state index contributed by atoms with van der Waals surface area (Å²) in [7, 11) is -1.52. The second-order valence-corrected chi connectivity index (χ2v) is 8.66. The monoisotopic (exact) mass is 402 g/mol. The third-order valence-corrected chi connectivity index (χ3v) is 6.01. The number of nitrogens with zero attached hydrogens (tertiary/aromatic N) is 2. The van der Waals surface area contributed by atoms with Crippen molar-refractivity contribution in [2.75, 3.05) is 52.9 Å². The highest BCUT2D eigenvalue weighted by atomic mass is 35.5. The number of carbonyl (C=O) groups excluding carboxylic acids is 1. The number of amides is 1. The molecule has 1 aliphatic rings. The van der Waals surface area contributed by atoms with Crippen molar-refractivity contribution >= 4 is 27.5 Å². The molecule has 2 rings (SSSR count). The Morgan fingerprint density at radius 3 is 2.62 bits per heavy atom. The van der Waals surface area contributed by atoms with E-state index >= 15 is 0 Å². The van der Waals surface area contributed by atoms with Gasteiger partial charge < -0.3 is 15.1 Å². The minimum Gasteiger partial charge on any atom is -0.356 e. The van der Waals surface area contributed by atoms with Crippen LogP contribution < -0.4 is 10.0 Å². The number of nitrogens with one attached hydrogen (secondary N) is 2. The largest absolute Gasteiger partial charge is 0.356 e. The lowest BCUT2D eigenvalue weighted by molar-refractivity contribution is -0.120. The number of likely N-dealkylation sites (N-methyl/N-ethyl adjacent to an activating group) is 1. The van der Waals surface area contributed by atoms with E-state index in [4.69, 9.17) is 11.6 Å². The van der Waals surface area contributed by atoms with Crippen LogP contribution in [0.3, 0.4) is 0 Å². The van der Waals surface area contributed by atoms with E-state index in [9.17, 15) is 13.2 Å². The van der Waals surface area contributed by atoms with Gasteiger partial charge in [-0.15, -0.1) is 0 Å². The van der Waals surface area contributed by atoms with Gasteiger partial charge in [-0.2, -0.15) is 0 Å². The van der Waals surface area contributed by atoms with Crippen molar-refractivity contribution < 1.29 is 13.2 Å². The van der Waals surface area contributed by atoms with Crippen molar-refractivity contribution in [3.8, 4) is 0 Å². The average molecular weight is 403 g/mol. The van der Waals surface area contributed by atoms with Crippen molar-refractivity contribution in [1.82, 2.24) is 19.8 Å². The topological polar surface area (TPSA) is 81.8 Å². The van der Waals surface area contributed by atoms with Gasteiger partial charge >= 0.3 is 0 Å². The Balaban J connectivity index is 1.60. The third-order valence-electron chi connectivity index (χ3n) is 4.32. The van der Waals surface area contributed by atoms with E-state index in [2.05, 4.69) is 26.9 Å². The second-order valence-electron chi connectivity index (χ2n) is 6.45. The Bertz CT molecular complexity index is 691. The van der Waals surface area contributed by atoms with Crippen molar-refractivity contribution in [2.45, 2.75) is 17.7 Å². The van der Waals surface area contributed by atoms with Crippen LogP contribution >= 0.6 is 11.6 Å². The Morgan fingerprint density at radius 1 is 1.19 bits per heavy atom. The van der Waals surface area contributed by atoms with Gasteiger partial charge in [0.1, 0.15) is 0 Å². The van der Waals surface area contributed by atoms with Gasteiger partial charge in [-0.05, 0) is 38.2 Å². The van der Waals surface area contributed by atoms with Crippen LogP contribution in [-0.4, -0.2) is 77.0 Å². The van der Waals surface area contributed by atoms with Crippen LogP contribution in [0, 0.1) is 0 Å². The molecule has 7 nitrogen and oxygen atoms in total. The predicted octanol–water partition coefficient (Wildman–Crippen LogP) is 0.762. The summed E-state index contributed by atoms with van der Waals surface area (Å²) in [4.78, 5) is 16.6. The first kappa shape index (κ1) is 21.1. The molecule has 0 spiro atoms. The summed E-state index contributed by atoms with van der Waals surface area (Å²) in [6.07, 6.45) is 0.998. The Labute approximate surface area is 160 Å². The van der Waals surface area contributed by atoms with E-state index < -0.39 is 10.0 Å². The van der Waals surface area contributed by atoms with E-state index in [1.807, 2.05) is 0 Å². The maximum atomic E-state index is 12.1. The van der Waals surface area contributed by atoms with Gasteiger partial charge in [0.2, 0.25) is 15.9 Å². The summed E-state index contributed by atoms with van der Waals surface area (Å²) in [5, 5.41) is 3.19. The number of sulfonamides is 1. The van der Waals surface area contributed by atoms with Crippen molar-refractivity contribution in [2.24, 2.45) is 0 Å². The van der Waals surface area contributed by atoms with Crippen molar-refractivity contribution in [1.29, 1.82) is 0 Å². The molecule has 0 bridgehead atoms. The van der Waals surface area contributed by atoms with E-state index in [0.29, 0.717) is 11.6 Å². The van der Waals surface area contributed by atoms with E-state index in [1.54, 1.807) is 12.1 Å². The van der Waals surface area contributed by atoms with Gasteiger partial charge in [0, 0.05) is 50.7 Å². The molecule has 1 aromatic rings. The zero-order valence-electron chi connectivity index (χ0n) is 15.1. The Kier molecular flexibility index (Phi) is 8.30. The lowest BCUT2D eigenvalue weighted by Gasteiger charge is -2.32. The molecule has 0 radical (unpaired) electrons. The van der Waals surface area contributed by atoms with Gasteiger partial charge in [0.15, 0.2) is 0 Å². The molecule has 0 aliphatic carbocycles. The summed E-state index contributed by atoms with van der Waals surface area (Å²) in [5.41, 5.74) is 0. The molecule has 0 unspecified atom stereocenters. The van der Waals surface area contributed by atoms with Gasteiger partial charge in [0.05, 0.1) is 4.90 Å². The molecule has 1 heterocycles. The normalized spacial score (nSPS) is 16.5. The number of piperazine rings is 1. The van der Waals surface area contributed by atoms with Crippen LogP contribution in [0.4, 0.5) is 0 Å².